The molecule has 1 aliphatic heterocycles. The summed E-state index contributed by atoms with van der Waals surface area (Å²) in [7, 11) is 0. The van der Waals surface area contributed by atoms with Crippen molar-refractivity contribution in [3.63, 3.8) is 0 Å². The highest BCUT2D eigenvalue weighted by Gasteiger charge is 2.17. The molecule has 0 unspecified atom stereocenters. The molecule has 0 spiro atoms. The molecular weight excluding hydrogens is 326 g/mol. The molecule has 0 bridgehead atoms. The Morgan fingerprint density at radius 1 is 1.04 bits per heavy atom. The van der Waals surface area contributed by atoms with Crippen molar-refractivity contribution < 1.29 is 9.59 Å². The fourth-order valence-corrected chi connectivity index (χ4v) is 3.13. The number of carbonyl (C=O) groups excluding carboxylic acids is 2. The molecule has 2 amide bonds. The number of nitrogens with one attached hydrogen (secondary N) is 2. The number of hydrogen-bond acceptors (Lipinski definition) is 2. The molecule has 3 aromatic rings. The minimum absolute atomic E-state index is 0.0181. The van der Waals surface area contributed by atoms with E-state index in [1.54, 1.807) is 0 Å². The highest BCUT2D eigenvalue weighted by atomic mass is 16.2. The van der Waals surface area contributed by atoms with E-state index in [0.717, 1.165) is 28.1 Å². The second-order valence-corrected chi connectivity index (χ2v) is 6.43. The van der Waals surface area contributed by atoms with Crippen molar-refractivity contribution >= 4 is 17.5 Å². The van der Waals surface area contributed by atoms with Crippen molar-refractivity contribution in [3.05, 3.63) is 83.7 Å². The smallest absolute Gasteiger partial charge is 0.228 e. The summed E-state index contributed by atoms with van der Waals surface area (Å²) < 4.78 is 2.03. The normalized spacial score (nSPS) is 12.5. The van der Waals surface area contributed by atoms with Gasteiger partial charge in [0, 0.05) is 30.3 Å². The first-order chi connectivity index (χ1) is 12.7. The topological polar surface area (TPSA) is 63.1 Å². The lowest BCUT2D eigenvalue weighted by Gasteiger charge is -2.08. The Balaban J connectivity index is 1.33. The van der Waals surface area contributed by atoms with E-state index in [0.29, 0.717) is 19.4 Å². The van der Waals surface area contributed by atoms with Crippen molar-refractivity contribution in [2.45, 2.75) is 19.4 Å². The summed E-state index contributed by atoms with van der Waals surface area (Å²) in [6.45, 7) is 0.460. The number of benzene rings is 2. The number of hydrogen-bond donors (Lipinski definition) is 2. The van der Waals surface area contributed by atoms with E-state index in [1.807, 2.05) is 71.6 Å². The van der Waals surface area contributed by atoms with Crippen molar-refractivity contribution in [2.24, 2.45) is 0 Å². The largest absolute Gasteiger partial charge is 0.352 e. The van der Waals surface area contributed by atoms with Crippen LogP contribution in [0.4, 0.5) is 5.69 Å². The summed E-state index contributed by atoms with van der Waals surface area (Å²) in [6.07, 6.45) is 4.73. The highest BCUT2D eigenvalue weighted by molar-refractivity contribution is 5.99. The fourth-order valence-electron chi connectivity index (χ4n) is 3.13. The lowest BCUT2D eigenvalue weighted by molar-refractivity contribution is -0.120. The molecule has 1 aliphatic rings. The summed E-state index contributed by atoms with van der Waals surface area (Å²) in [4.78, 5) is 23.6. The number of nitrogens with zero attached hydrogens (tertiary/aromatic N) is 1. The van der Waals surface area contributed by atoms with Crippen molar-refractivity contribution in [2.75, 3.05) is 5.32 Å². The Hall–Kier alpha value is -3.34. The van der Waals surface area contributed by atoms with Gasteiger partial charge in [-0.3, -0.25) is 9.59 Å². The zero-order valence-corrected chi connectivity index (χ0v) is 14.2. The molecule has 0 fully saturated rings. The van der Waals surface area contributed by atoms with E-state index >= 15 is 0 Å². The average molecular weight is 345 g/mol. The van der Waals surface area contributed by atoms with Gasteiger partial charge < -0.3 is 15.2 Å². The van der Waals surface area contributed by atoms with Crippen LogP contribution in [0.3, 0.4) is 0 Å². The van der Waals surface area contributed by atoms with Gasteiger partial charge in [0.05, 0.1) is 12.8 Å². The second kappa shape index (κ2) is 6.88. The molecule has 1 aromatic heterocycles. The molecule has 2 aromatic carbocycles. The van der Waals surface area contributed by atoms with Gasteiger partial charge in [-0.05, 0) is 47.0 Å². The maximum absolute atomic E-state index is 12.2. The zero-order chi connectivity index (χ0) is 17.9. The Labute approximate surface area is 151 Å². The summed E-state index contributed by atoms with van der Waals surface area (Å²) in [5, 5.41) is 5.75. The van der Waals surface area contributed by atoms with Gasteiger partial charge in [-0.15, -0.1) is 0 Å². The minimum atomic E-state index is -0.0200. The molecule has 5 nitrogen and oxygen atoms in total. The Bertz CT molecular complexity index is 944. The SMILES string of the molecule is O=C(Cc1ccc(-n2cccc2)cc1)NCc1ccc2c(c1)CC(=O)N2. The summed E-state index contributed by atoms with van der Waals surface area (Å²) in [6, 6.07) is 17.7. The number of anilines is 1. The van der Waals surface area contributed by atoms with E-state index in [9.17, 15) is 9.59 Å². The van der Waals surface area contributed by atoms with Crippen LogP contribution in [0.2, 0.25) is 0 Å². The van der Waals surface area contributed by atoms with Gasteiger partial charge in [-0.2, -0.15) is 0 Å². The van der Waals surface area contributed by atoms with Crippen LogP contribution in [-0.4, -0.2) is 16.4 Å². The molecule has 4 rings (SSSR count). The molecular formula is C21H19N3O2. The van der Waals surface area contributed by atoms with Gasteiger partial charge in [0.25, 0.3) is 0 Å². The first-order valence-electron chi connectivity index (χ1n) is 8.58. The number of fused-ring (bicyclic) bond motifs is 1. The number of rotatable bonds is 5. The van der Waals surface area contributed by atoms with Crippen molar-refractivity contribution in [3.8, 4) is 5.69 Å². The van der Waals surface area contributed by atoms with Crippen LogP contribution in [-0.2, 0) is 29.0 Å². The monoisotopic (exact) mass is 345 g/mol. The highest BCUT2D eigenvalue weighted by Crippen LogP contribution is 2.23. The molecule has 2 N–H and O–H groups in total. The number of carbonyl (C=O) groups is 2. The lowest BCUT2D eigenvalue weighted by Crippen LogP contribution is -2.24. The molecule has 5 heteroatoms. The van der Waals surface area contributed by atoms with E-state index in [1.165, 1.54) is 0 Å². The molecule has 0 atom stereocenters. The molecule has 2 heterocycles. The van der Waals surface area contributed by atoms with E-state index in [4.69, 9.17) is 0 Å². The van der Waals surface area contributed by atoms with Crippen LogP contribution >= 0.6 is 0 Å². The fraction of sp³-hybridized carbons (Fsp3) is 0.143. The van der Waals surface area contributed by atoms with Gasteiger partial charge in [-0.25, -0.2) is 0 Å². The van der Waals surface area contributed by atoms with E-state index < -0.39 is 0 Å². The average Bonchev–Trinajstić information content (AvgIpc) is 3.29. The third-order valence-electron chi connectivity index (χ3n) is 4.49. The molecule has 0 saturated heterocycles. The van der Waals surface area contributed by atoms with Gasteiger partial charge >= 0.3 is 0 Å². The molecule has 0 radical (unpaired) electrons. The van der Waals surface area contributed by atoms with E-state index in [-0.39, 0.29) is 11.8 Å². The van der Waals surface area contributed by atoms with Crippen LogP contribution in [0.5, 0.6) is 0 Å². The predicted molar refractivity (Wildman–Crippen MR) is 100 cm³/mol. The summed E-state index contributed by atoms with van der Waals surface area (Å²) >= 11 is 0. The zero-order valence-electron chi connectivity index (χ0n) is 14.2. The van der Waals surface area contributed by atoms with Crippen molar-refractivity contribution in [1.29, 1.82) is 0 Å². The van der Waals surface area contributed by atoms with Gasteiger partial charge in [0.2, 0.25) is 11.8 Å². The third-order valence-corrected chi connectivity index (χ3v) is 4.49. The van der Waals surface area contributed by atoms with Crippen LogP contribution in [0.25, 0.3) is 5.69 Å². The quantitative estimate of drug-likeness (QED) is 0.747. The molecule has 26 heavy (non-hydrogen) atoms. The maximum atomic E-state index is 12.2. The number of amides is 2. The lowest BCUT2D eigenvalue weighted by atomic mass is 10.1. The standard InChI is InChI=1S/C21H19N3O2/c25-20(12-15-3-6-18(7-4-15)24-9-1-2-10-24)22-14-16-5-8-19-17(11-16)13-21(26)23-19/h1-11H,12-14H2,(H,22,25)(H,23,26). The van der Waals surface area contributed by atoms with Crippen LogP contribution < -0.4 is 10.6 Å². The van der Waals surface area contributed by atoms with Crippen molar-refractivity contribution in [1.82, 2.24) is 9.88 Å². The van der Waals surface area contributed by atoms with Gasteiger partial charge in [0.1, 0.15) is 0 Å². The molecule has 0 saturated carbocycles. The van der Waals surface area contributed by atoms with Gasteiger partial charge in [-0.1, -0.05) is 24.3 Å². The molecule has 0 aliphatic carbocycles. The van der Waals surface area contributed by atoms with Crippen LogP contribution in [0.1, 0.15) is 16.7 Å². The first-order valence-corrected chi connectivity index (χ1v) is 8.58. The van der Waals surface area contributed by atoms with Crippen LogP contribution in [0.15, 0.2) is 67.0 Å². The first kappa shape index (κ1) is 16.1. The summed E-state index contributed by atoms with van der Waals surface area (Å²) in [5.74, 6) is -0.00189. The number of aromatic nitrogens is 1. The van der Waals surface area contributed by atoms with E-state index in [2.05, 4.69) is 10.6 Å². The summed E-state index contributed by atoms with van der Waals surface area (Å²) in [5.41, 5.74) is 4.90. The maximum Gasteiger partial charge on any atom is 0.228 e. The minimum Gasteiger partial charge on any atom is -0.352 e. The third kappa shape index (κ3) is 3.52. The Morgan fingerprint density at radius 2 is 1.77 bits per heavy atom. The predicted octanol–water partition coefficient (Wildman–Crippen LogP) is 2.83. The second-order valence-electron chi connectivity index (χ2n) is 6.43. The Kier molecular flexibility index (Phi) is 4.27. The van der Waals surface area contributed by atoms with Gasteiger partial charge in [0.15, 0.2) is 0 Å². The Morgan fingerprint density at radius 3 is 2.54 bits per heavy atom. The van der Waals surface area contributed by atoms with Crippen LogP contribution in [0, 0.1) is 0 Å². The molecule has 130 valence electrons.